The van der Waals surface area contributed by atoms with Crippen LogP contribution in [-0.4, -0.2) is 58.2 Å². The molecular weight excluding hydrogens is 619 g/mol. The van der Waals surface area contributed by atoms with Crippen molar-refractivity contribution in [3.05, 3.63) is 58.7 Å². The third-order valence-corrected chi connectivity index (χ3v) is 9.86. The predicted octanol–water partition coefficient (Wildman–Crippen LogP) is 5.72. The number of H-pyrrole nitrogens is 1. The molecular formula is C31H36Cl2N8O4. The minimum Gasteiger partial charge on any atom is -0.495 e. The number of methoxy groups -OCH3 is 2. The minimum atomic E-state index is -0.405. The minimum absolute atomic E-state index is 0.0815. The third kappa shape index (κ3) is 6.13. The van der Waals surface area contributed by atoms with Crippen LogP contribution in [0.4, 0.5) is 22.2 Å². The molecule has 3 aliphatic rings. The molecule has 1 aliphatic heterocycles. The maximum Gasteiger partial charge on any atom is 0.330 e. The smallest absolute Gasteiger partial charge is 0.330 e. The molecule has 2 aromatic heterocycles. The van der Waals surface area contributed by atoms with Crippen molar-refractivity contribution in [2.24, 2.45) is 11.8 Å². The number of ether oxygens (including phenoxy) is 2. The third-order valence-electron chi connectivity index (χ3n) is 9.13. The topological polar surface area (TPSA) is 138 Å². The van der Waals surface area contributed by atoms with E-state index in [4.69, 9.17) is 37.7 Å². The number of nitrogens with zero attached hydrogens (tertiary/aromatic N) is 5. The summed E-state index contributed by atoms with van der Waals surface area (Å²) in [6, 6.07) is 0.990. The van der Waals surface area contributed by atoms with E-state index in [0.717, 1.165) is 25.2 Å². The number of rotatable bonds is 10. The summed E-state index contributed by atoms with van der Waals surface area (Å²) in [4.78, 5) is 46.3. The van der Waals surface area contributed by atoms with E-state index in [1.807, 2.05) is 0 Å². The molecule has 3 N–H and O–H groups in total. The molecule has 0 saturated heterocycles. The van der Waals surface area contributed by atoms with E-state index in [0.29, 0.717) is 40.4 Å². The standard InChI is InChI=1S/C31H36Cl2N8O4/c1-4-25(42)37-22-10-18(17-6-5-7-17)8-9-21(22)38-30-35-12-19-14-40(28-26(32)23(44-2)11-24(45-3)27(28)33)31(43)41(29(19)39-30)15-20-13-34-16-36-20/h4,11-13,16-18,21-22H,1,5-10,14-15H2,2-3H3,(H,34,36)(H,37,42)(H,35,38,39)/t18?,21-,22+/m1/s1. The molecule has 1 unspecified atom stereocenters. The Morgan fingerprint density at radius 2 is 1.87 bits per heavy atom. The molecule has 12 nitrogen and oxygen atoms in total. The van der Waals surface area contributed by atoms with Crippen LogP contribution in [0, 0.1) is 11.8 Å². The van der Waals surface area contributed by atoms with Gasteiger partial charge in [-0.05, 0) is 37.2 Å². The Kier molecular flexibility index (Phi) is 9.04. The van der Waals surface area contributed by atoms with Gasteiger partial charge in [-0.3, -0.25) is 14.6 Å². The van der Waals surface area contributed by atoms with Gasteiger partial charge in [0.1, 0.15) is 27.4 Å². The van der Waals surface area contributed by atoms with Gasteiger partial charge in [-0.1, -0.05) is 49.0 Å². The number of fused-ring (bicyclic) bond motifs is 1. The number of benzene rings is 1. The van der Waals surface area contributed by atoms with E-state index < -0.39 is 6.03 Å². The van der Waals surface area contributed by atoms with Crippen molar-refractivity contribution in [3.8, 4) is 11.5 Å². The SMILES string of the molecule is C=CC(=O)N[C@H]1CC(C2CCC2)CC[C@H]1Nc1ncc2c(n1)N(Cc1cnc[nH]1)C(=O)N(c1c(Cl)c(OC)cc(OC)c1Cl)C2. The van der Waals surface area contributed by atoms with E-state index in [1.54, 1.807) is 24.8 Å². The Morgan fingerprint density at radius 3 is 2.49 bits per heavy atom. The Bertz CT molecular complexity index is 1550. The lowest BCUT2D eigenvalue weighted by Gasteiger charge is -2.43. The predicted molar refractivity (Wildman–Crippen MR) is 172 cm³/mol. The second kappa shape index (κ2) is 13.1. The lowest BCUT2D eigenvalue weighted by atomic mass is 9.68. The number of anilines is 3. The van der Waals surface area contributed by atoms with Crippen molar-refractivity contribution in [1.29, 1.82) is 0 Å². The van der Waals surface area contributed by atoms with Gasteiger partial charge in [0.2, 0.25) is 11.9 Å². The van der Waals surface area contributed by atoms with Crippen molar-refractivity contribution in [2.45, 2.75) is 63.7 Å². The molecule has 6 rings (SSSR count). The molecule has 3 amide bonds. The van der Waals surface area contributed by atoms with E-state index in [-0.39, 0.29) is 46.8 Å². The fourth-order valence-electron chi connectivity index (χ4n) is 6.54. The lowest BCUT2D eigenvalue weighted by Crippen LogP contribution is -2.51. The van der Waals surface area contributed by atoms with Gasteiger partial charge in [-0.2, -0.15) is 4.98 Å². The quantitative estimate of drug-likeness (QED) is 0.236. The first-order valence-corrected chi connectivity index (χ1v) is 15.8. The first kappa shape index (κ1) is 31.0. The average molecular weight is 656 g/mol. The first-order valence-electron chi connectivity index (χ1n) is 15.0. The molecule has 1 aromatic carbocycles. The van der Waals surface area contributed by atoms with Crippen LogP contribution in [0.5, 0.6) is 11.5 Å². The van der Waals surface area contributed by atoms with Crippen LogP contribution in [0.1, 0.15) is 49.8 Å². The zero-order valence-electron chi connectivity index (χ0n) is 25.2. The van der Waals surface area contributed by atoms with Gasteiger partial charge < -0.3 is 25.1 Å². The Labute approximate surface area is 271 Å². The molecule has 45 heavy (non-hydrogen) atoms. The summed E-state index contributed by atoms with van der Waals surface area (Å²) in [7, 11) is 2.96. The Morgan fingerprint density at radius 1 is 1.11 bits per heavy atom. The number of amides is 3. The van der Waals surface area contributed by atoms with Crippen LogP contribution in [-0.2, 0) is 17.9 Å². The van der Waals surface area contributed by atoms with Crippen molar-refractivity contribution in [3.63, 3.8) is 0 Å². The highest BCUT2D eigenvalue weighted by atomic mass is 35.5. The molecule has 14 heteroatoms. The van der Waals surface area contributed by atoms with Crippen molar-refractivity contribution in [1.82, 2.24) is 25.3 Å². The summed E-state index contributed by atoms with van der Waals surface area (Å²) in [5.41, 5.74) is 1.64. The fraction of sp³-hybridized carbons (Fsp3) is 0.452. The van der Waals surface area contributed by atoms with Gasteiger partial charge in [0.25, 0.3) is 0 Å². The molecule has 238 valence electrons. The van der Waals surface area contributed by atoms with Gasteiger partial charge in [-0.15, -0.1) is 0 Å². The summed E-state index contributed by atoms with van der Waals surface area (Å²) in [5.74, 6) is 2.55. The zero-order chi connectivity index (χ0) is 31.7. The van der Waals surface area contributed by atoms with E-state index in [2.05, 4.69) is 32.2 Å². The van der Waals surface area contributed by atoms with Gasteiger partial charge in [0.05, 0.1) is 45.0 Å². The van der Waals surface area contributed by atoms with Crippen LogP contribution < -0.4 is 29.9 Å². The lowest BCUT2D eigenvalue weighted by molar-refractivity contribution is -0.117. The summed E-state index contributed by atoms with van der Waals surface area (Å²) in [5, 5.41) is 6.95. The molecule has 2 fully saturated rings. The van der Waals surface area contributed by atoms with Crippen LogP contribution >= 0.6 is 23.2 Å². The van der Waals surface area contributed by atoms with Crippen molar-refractivity contribution < 1.29 is 19.1 Å². The van der Waals surface area contributed by atoms with Gasteiger partial charge in [0, 0.05) is 36.1 Å². The normalized spacial score (nSPS) is 21.5. The molecule has 0 bridgehead atoms. The summed E-state index contributed by atoms with van der Waals surface area (Å²) >= 11 is 13.4. The van der Waals surface area contributed by atoms with Gasteiger partial charge in [-0.25, -0.2) is 14.8 Å². The zero-order valence-corrected chi connectivity index (χ0v) is 26.7. The van der Waals surface area contributed by atoms with Crippen molar-refractivity contribution >= 4 is 52.6 Å². The summed E-state index contributed by atoms with van der Waals surface area (Å²) in [6.07, 6.45) is 12.8. The Hall–Kier alpha value is -4.03. The number of hydrogen-bond donors (Lipinski definition) is 3. The largest absolute Gasteiger partial charge is 0.495 e. The van der Waals surface area contributed by atoms with Crippen LogP contribution in [0.25, 0.3) is 0 Å². The van der Waals surface area contributed by atoms with Crippen LogP contribution in [0.2, 0.25) is 10.0 Å². The molecule has 0 spiro atoms. The van der Waals surface area contributed by atoms with E-state index in [9.17, 15) is 9.59 Å². The van der Waals surface area contributed by atoms with Crippen LogP contribution in [0.3, 0.4) is 0 Å². The number of halogens is 2. The number of nitrogens with one attached hydrogen (secondary N) is 3. The molecule has 0 radical (unpaired) electrons. The second-order valence-electron chi connectivity index (χ2n) is 11.7. The number of carbonyl (C=O) groups excluding carboxylic acids is 2. The first-order chi connectivity index (χ1) is 21.8. The summed E-state index contributed by atoms with van der Waals surface area (Å²) < 4.78 is 10.9. The molecule has 3 aromatic rings. The monoisotopic (exact) mass is 654 g/mol. The highest BCUT2D eigenvalue weighted by Gasteiger charge is 2.39. The number of urea groups is 1. The number of imidazole rings is 1. The van der Waals surface area contributed by atoms with E-state index in [1.165, 1.54) is 49.4 Å². The molecule has 2 aliphatic carbocycles. The number of carbonyl (C=O) groups is 2. The fourth-order valence-corrected chi connectivity index (χ4v) is 7.24. The van der Waals surface area contributed by atoms with Gasteiger partial charge >= 0.3 is 6.03 Å². The molecule has 3 atom stereocenters. The number of aromatic nitrogens is 4. The van der Waals surface area contributed by atoms with E-state index >= 15 is 0 Å². The Balaban J connectivity index is 1.33. The second-order valence-corrected chi connectivity index (χ2v) is 12.4. The average Bonchev–Trinajstić information content (AvgIpc) is 3.53. The van der Waals surface area contributed by atoms with Gasteiger partial charge in [0.15, 0.2) is 0 Å². The molecule has 2 saturated carbocycles. The summed E-state index contributed by atoms with van der Waals surface area (Å²) in [6.45, 7) is 3.89. The number of hydrogen-bond acceptors (Lipinski definition) is 8. The maximum absolute atomic E-state index is 14.2. The highest BCUT2D eigenvalue weighted by molar-refractivity contribution is 6.42. The maximum atomic E-state index is 14.2. The molecule has 3 heterocycles. The van der Waals surface area contributed by atoms with Crippen LogP contribution in [0.15, 0.2) is 37.4 Å². The van der Waals surface area contributed by atoms with Crippen molar-refractivity contribution in [2.75, 3.05) is 29.3 Å². The highest BCUT2D eigenvalue weighted by Crippen LogP contribution is 2.48. The number of aromatic amines is 1.